The lowest BCUT2D eigenvalue weighted by Gasteiger charge is -2.28. The predicted octanol–water partition coefficient (Wildman–Crippen LogP) is 0.965. The van der Waals surface area contributed by atoms with E-state index >= 15 is 0 Å². The molecule has 2 fully saturated rings. The van der Waals surface area contributed by atoms with Crippen LogP contribution in [0.4, 0.5) is 4.79 Å². The minimum atomic E-state index is -0.815. The first kappa shape index (κ1) is 14.1. The van der Waals surface area contributed by atoms with Crippen molar-refractivity contribution < 1.29 is 19.4 Å². The van der Waals surface area contributed by atoms with Gasteiger partial charge in [0.15, 0.2) is 0 Å². The number of hydrogen-bond donors (Lipinski definition) is 3. The Morgan fingerprint density at radius 3 is 2.53 bits per heavy atom. The maximum absolute atomic E-state index is 11.7. The highest BCUT2D eigenvalue weighted by atomic mass is 16.5. The third-order valence-electron chi connectivity index (χ3n) is 4.23. The fourth-order valence-electron chi connectivity index (χ4n) is 2.46. The average molecular weight is 270 g/mol. The molecule has 0 aromatic rings. The fourth-order valence-corrected chi connectivity index (χ4v) is 2.46. The lowest BCUT2D eigenvalue weighted by atomic mass is 9.93. The number of carbonyl (C=O) groups excluding carboxylic acids is 1. The Labute approximate surface area is 112 Å². The first-order chi connectivity index (χ1) is 9.03. The van der Waals surface area contributed by atoms with Crippen molar-refractivity contribution in [3.8, 4) is 0 Å². The molecule has 6 nitrogen and oxygen atoms in total. The summed E-state index contributed by atoms with van der Waals surface area (Å²) >= 11 is 0. The predicted molar refractivity (Wildman–Crippen MR) is 68.8 cm³/mol. The van der Waals surface area contributed by atoms with Crippen molar-refractivity contribution >= 4 is 12.0 Å². The Kier molecular flexibility index (Phi) is 4.29. The van der Waals surface area contributed by atoms with Crippen molar-refractivity contribution in [2.24, 2.45) is 11.3 Å². The van der Waals surface area contributed by atoms with E-state index in [1.54, 1.807) is 0 Å². The zero-order chi connectivity index (χ0) is 13.9. The SMILES string of the molecule is CC(NC(=O)NCC1(C(=O)O)CC1)C1CCOCC1. The number of urea groups is 1. The standard InChI is InChI=1S/C13H22N2O4/c1-9(10-2-6-19-7-3-10)15-12(18)14-8-13(4-5-13)11(16)17/h9-10H,2-8H2,1H3,(H,16,17)(H2,14,15,18). The van der Waals surface area contributed by atoms with Gasteiger partial charge in [-0.3, -0.25) is 4.79 Å². The maximum atomic E-state index is 11.7. The first-order valence-corrected chi connectivity index (χ1v) is 6.89. The van der Waals surface area contributed by atoms with Gasteiger partial charge in [-0.05, 0) is 38.5 Å². The molecule has 0 radical (unpaired) electrons. The highest BCUT2D eigenvalue weighted by Gasteiger charge is 2.50. The van der Waals surface area contributed by atoms with Crippen molar-refractivity contribution in [3.05, 3.63) is 0 Å². The van der Waals surface area contributed by atoms with Gasteiger partial charge in [0.2, 0.25) is 0 Å². The largest absolute Gasteiger partial charge is 0.481 e. The summed E-state index contributed by atoms with van der Waals surface area (Å²) in [5.41, 5.74) is -0.709. The molecule has 0 aromatic heterocycles. The second-order valence-corrected chi connectivity index (χ2v) is 5.65. The zero-order valence-corrected chi connectivity index (χ0v) is 11.3. The lowest BCUT2D eigenvalue weighted by molar-refractivity contribution is -0.143. The summed E-state index contributed by atoms with van der Waals surface area (Å²) in [6, 6.07) is -0.185. The van der Waals surface area contributed by atoms with Crippen LogP contribution in [-0.4, -0.2) is 42.9 Å². The second-order valence-electron chi connectivity index (χ2n) is 5.65. The van der Waals surface area contributed by atoms with Crippen molar-refractivity contribution in [1.29, 1.82) is 0 Å². The van der Waals surface area contributed by atoms with Gasteiger partial charge in [0.25, 0.3) is 0 Å². The molecular weight excluding hydrogens is 248 g/mol. The van der Waals surface area contributed by atoms with E-state index in [1.807, 2.05) is 6.92 Å². The van der Waals surface area contributed by atoms with E-state index in [0.29, 0.717) is 18.8 Å². The van der Waals surface area contributed by atoms with Crippen molar-refractivity contribution in [1.82, 2.24) is 10.6 Å². The van der Waals surface area contributed by atoms with Crippen LogP contribution in [0, 0.1) is 11.3 Å². The summed E-state index contributed by atoms with van der Waals surface area (Å²) in [7, 11) is 0. The van der Waals surface area contributed by atoms with Crippen LogP contribution in [0.15, 0.2) is 0 Å². The molecule has 0 aromatic carbocycles. The van der Waals surface area contributed by atoms with Gasteiger partial charge < -0.3 is 20.5 Å². The van der Waals surface area contributed by atoms with Gasteiger partial charge in [-0.25, -0.2) is 4.79 Å². The smallest absolute Gasteiger partial charge is 0.315 e. The topological polar surface area (TPSA) is 87.7 Å². The summed E-state index contributed by atoms with van der Waals surface area (Å²) < 4.78 is 5.29. The minimum absolute atomic E-state index is 0.0869. The third-order valence-corrected chi connectivity index (χ3v) is 4.23. The van der Waals surface area contributed by atoms with Crippen LogP contribution in [0.5, 0.6) is 0 Å². The molecule has 1 saturated carbocycles. The van der Waals surface area contributed by atoms with Gasteiger partial charge >= 0.3 is 12.0 Å². The molecule has 1 unspecified atom stereocenters. The fraction of sp³-hybridized carbons (Fsp3) is 0.846. The van der Waals surface area contributed by atoms with E-state index in [1.165, 1.54) is 0 Å². The summed E-state index contributed by atoms with van der Waals surface area (Å²) in [4.78, 5) is 22.7. The number of ether oxygens (including phenoxy) is 1. The molecule has 19 heavy (non-hydrogen) atoms. The maximum Gasteiger partial charge on any atom is 0.315 e. The number of nitrogens with one attached hydrogen (secondary N) is 2. The van der Waals surface area contributed by atoms with E-state index in [9.17, 15) is 9.59 Å². The van der Waals surface area contributed by atoms with Crippen molar-refractivity contribution in [2.45, 2.75) is 38.6 Å². The Bertz CT molecular complexity index is 349. The van der Waals surface area contributed by atoms with Crippen LogP contribution in [0.3, 0.4) is 0 Å². The molecule has 0 bridgehead atoms. The molecule has 0 spiro atoms. The van der Waals surface area contributed by atoms with E-state index < -0.39 is 11.4 Å². The molecule has 1 atom stereocenters. The molecule has 2 aliphatic rings. The number of carboxylic acids is 1. The van der Waals surface area contributed by atoms with E-state index in [0.717, 1.165) is 26.1 Å². The summed E-state index contributed by atoms with van der Waals surface area (Å²) in [6.45, 7) is 3.70. The second kappa shape index (κ2) is 5.77. The molecule has 6 heteroatoms. The van der Waals surface area contributed by atoms with E-state index in [-0.39, 0.29) is 18.6 Å². The summed E-state index contributed by atoms with van der Waals surface area (Å²) in [5.74, 6) is -0.376. The molecular formula is C13H22N2O4. The Hall–Kier alpha value is -1.30. The van der Waals surface area contributed by atoms with Crippen molar-refractivity contribution in [2.75, 3.05) is 19.8 Å². The van der Waals surface area contributed by atoms with Crippen LogP contribution in [-0.2, 0) is 9.53 Å². The first-order valence-electron chi connectivity index (χ1n) is 6.89. The number of amides is 2. The summed E-state index contributed by atoms with van der Waals surface area (Å²) in [5, 5.41) is 14.6. The molecule has 1 aliphatic heterocycles. The molecule has 2 rings (SSSR count). The molecule has 1 aliphatic carbocycles. The Morgan fingerprint density at radius 1 is 1.37 bits per heavy atom. The molecule has 1 saturated heterocycles. The lowest BCUT2D eigenvalue weighted by Crippen LogP contribution is -2.47. The van der Waals surface area contributed by atoms with Gasteiger partial charge in [0, 0.05) is 25.8 Å². The van der Waals surface area contributed by atoms with Gasteiger partial charge in [0.1, 0.15) is 0 Å². The zero-order valence-electron chi connectivity index (χ0n) is 11.3. The third kappa shape index (κ3) is 3.59. The van der Waals surface area contributed by atoms with E-state index in [4.69, 9.17) is 9.84 Å². The quantitative estimate of drug-likeness (QED) is 0.694. The number of rotatable bonds is 5. The van der Waals surface area contributed by atoms with Gasteiger partial charge in [-0.15, -0.1) is 0 Å². The highest BCUT2D eigenvalue weighted by Crippen LogP contribution is 2.45. The Balaban J connectivity index is 1.70. The van der Waals surface area contributed by atoms with E-state index in [2.05, 4.69) is 10.6 Å². The van der Waals surface area contributed by atoms with Gasteiger partial charge in [-0.2, -0.15) is 0 Å². The van der Waals surface area contributed by atoms with Crippen LogP contribution < -0.4 is 10.6 Å². The normalized spacial score (nSPS) is 23.4. The molecule has 1 heterocycles. The van der Waals surface area contributed by atoms with Gasteiger partial charge in [0.05, 0.1) is 5.41 Å². The average Bonchev–Trinajstić information content (AvgIpc) is 3.18. The van der Waals surface area contributed by atoms with Crippen molar-refractivity contribution in [3.63, 3.8) is 0 Å². The molecule has 3 N–H and O–H groups in total. The van der Waals surface area contributed by atoms with Crippen LogP contribution >= 0.6 is 0 Å². The van der Waals surface area contributed by atoms with Crippen LogP contribution in [0.2, 0.25) is 0 Å². The number of aliphatic carboxylic acids is 1. The number of hydrogen-bond acceptors (Lipinski definition) is 3. The van der Waals surface area contributed by atoms with Gasteiger partial charge in [-0.1, -0.05) is 0 Å². The summed E-state index contributed by atoms with van der Waals surface area (Å²) in [6.07, 6.45) is 3.22. The van der Waals surface area contributed by atoms with Crippen LogP contribution in [0.25, 0.3) is 0 Å². The highest BCUT2D eigenvalue weighted by molar-refractivity contribution is 5.80. The molecule has 2 amide bonds. The monoisotopic (exact) mass is 270 g/mol. The Morgan fingerprint density at radius 2 is 2.00 bits per heavy atom. The van der Waals surface area contributed by atoms with Crippen LogP contribution in [0.1, 0.15) is 32.6 Å². The molecule has 108 valence electrons. The number of carboxylic acid groups (broad SMARTS) is 1. The minimum Gasteiger partial charge on any atom is -0.481 e. The number of carbonyl (C=O) groups is 2.